The van der Waals surface area contributed by atoms with Crippen molar-refractivity contribution in [3.05, 3.63) is 77.5 Å². The zero-order valence-corrected chi connectivity index (χ0v) is 21.5. The van der Waals surface area contributed by atoms with Crippen molar-refractivity contribution in [3.63, 3.8) is 0 Å². The minimum absolute atomic E-state index is 0.0408. The first-order chi connectivity index (χ1) is 16.6. The molecule has 0 fully saturated rings. The summed E-state index contributed by atoms with van der Waals surface area (Å²) in [7, 11) is 3.20. The maximum absolute atomic E-state index is 13.6. The number of rotatable bonds is 9. The van der Waals surface area contributed by atoms with E-state index in [0.717, 1.165) is 11.1 Å². The number of ether oxygens (including phenoxy) is 2. The number of benzene rings is 2. The quantitative estimate of drug-likeness (QED) is 0.418. The molecule has 0 radical (unpaired) electrons. The van der Waals surface area contributed by atoms with Gasteiger partial charge in [-0.2, -0.15) is 0 Å². The van der Waals surface area contributed by atoms with Gasteiger partial charge in [0.15, 0.2) is 0 Å². The molecule has 7 nitrogen and oxygen atoms in total. The van der Waals surface area contributed by atoms with Crippen molar-refractivity contribution in [2.24, 2.45) is 11.1 Å². The summed E-state index contributed by atoms with van der Waals surface area (Å²) in [5.74, 6) is 1.37. The molecule has 35 heavy (non-hydrogen) atoms. The number of hydrogen-bond donors (Lipinski definition) is 1. The van der Waals surface area contributed by atoms with Crippen molar-refractivity contribution >= 4 is 29.3 Å². The number of hydrogen-bond acceptors (Lipinski definition) is 6. The predicted octanol–water partition coefficient (Wildman–Crippen LogP) is 5.07. The molecule has 0 aliphatic heterocycles. The lowest BCUT2D eigenvalue weighted by molar-refractivity contribution is -0.125. The number of carbonyl (C=O) groups excluding carboxylic acids is 2. The largest absolute Gasteiger partial charge is 0.497 e. The van der Waals surface area contributed by atoms with E-state index in [2.05, 4.69) is 4.98 Å². The maximum Gasteiger partial charge on any atom is 0.248 e. The lowest BCUT2D eigenvalue weighted by atomic mass is 9.94. The van der Waals surface area contributed by atoms with Crippen molar-refractivity contribution in [1.82, 2.24) is 4.98 Å². The molecule has 3 rings (SSSR count). The van der Waals surface area contributed by atoms with E-state index in [1.807, 2.05) is 51.1 Å². The summed E-state index contributed by atoms with van der Waals surface area (Å²) in [6.07, 6.45) is 1.71. The van der Waals surface area contributed by atoms with E-state index >= 15 is 0 Å². The Balaban J connectivity index is 1.97. The van der Waals surface area contributed by atoms with Crippen LogP contribution in [0.15, 0.2) is 65.8 Å². The Hall–Kier alpha value is -3.52. The Kier molecular flexibility index (Phi) is 8.40. The second kappa shape index (κ2) is 11.3. The molecule has 1 aromatic heterocycles. The van der Waals surface area contributed by atoms with Crippen molar-refractivity contribution < 1.29 is 19.1 Å². The van der Waals surface area contributed by atoms with Crippen LogP contribution in [-0.2, 0) is 17.1 Å². The molecule has 3 aromatic rings. The lowest BCUT2D eigenvalue weighted by Gasteiger charge is -2.31. The van der Waals surface area contributed by atoms with E-state index in [4.69, 9.17) is 15.2 Å². The van der Waals surface area contributed by atoms with Gasteiger partial charge in [-0.3, -0.25) is 9.59 Å². The molecular formula is C27H31N3O4S. The van der Waals surface area contributed by atoms with E-state index in [1.165, 1.54) is 11.8 Å². The molecular weight excluding hydrogens is 462 g/mol. The molecule has 0 spiro atoms. The van der Waals surface area contributed by atoms with Crippen LogP contribution in [0.2, 0.25) is 0 Å². The van der Waals surface area contributed by atoms with Gasteiger partial charge in [-0.15, -0.1) is 0 Å². The van der Waals surface area contributed by atoms with E-state index in [1.54, 1.807) is 49.6 Å². The molecule has 184 valence electrons. The monoisotopic (exact) mass is 493 g/mol. The number of carbonyl (C=O) groups is 2. The Labute approximate surface area is 210 Å². The topological polar surface area (TPSA) is 94.8 Å². The normalized spacial score (nSPS) is 11.1. The zero-order valence-electron chi connectivity index (χ0n) is 20.7. The van der Waals surface area contributed by atoms with Crippen LogP contribution < -0.4 is 20.1 Å². The number of aromatic nitrogens is 1. The van der Waals surface area contributed by atoms with Crippen LogP contribution in [0.1, 0.15) is 42.3 Å². The van der Waals surface area contributed by atoms with Gasteiger partial charge in [0, 0.05) is 34.6 Å². The van der Waals surface area contributed by atoms with Gasteiger partial charge in [-0.1, -0.05) is 44.7 Å². The summed E-state index contributed by atoms with van der Waals surface area (Å²) in [6, 6.07) is 16.5. The third kappa shape index (κ3) is 6.54. The highest BCUT2D eigenvalue weighted by Gasteiger charge is 2.30. The first-order valence-corrected chi connectivity index (χ1v) is 12.1. The maximum atomic E-state index is 13.6. The molecule has 2 N–H and O–H groups in total. The molecule has 2 amide bonds. The van der Waals surface area contributed by atoms with E-state index in [9.17, 15) is 9.59 Å². The van der Waals surface area contributed by atoms with E-state index in [-0.39, 0.29) is 5.91 Å². The number of primary amides is 1. The minimum atomic E-state index is -0.618. The van der Waals surface area contributed by atoms with Crippen molar-refractivity contribution in [2.45, 2.75) is 38.1 Å². The van der Waals surface area contributed by atoms with Crippen LogP contribution in [0.3, 0.4) is 0 Å². The Morgan fingerprint density at radius 1 is 1.03 bits per heavy atom. The SMILES string of the molecule is COc1ccc(CN(C(=O)C(C)(C)C)c2cccnc2SCc2cccc(C(N)=O)c2)c(OC)c1. The average molecular weight is 494 g/mol. The second-order valence-electron chi connectivity index (χ2n) is 9.00. The number of amides is 2. The smallest absolute Gasteiger partial charge is 0.248 e. The van der Waals surface area contributed by atoms with Crippen LogP contribution in [0.25, 0.3) is 0 Å². The van der Waals surface area contributed by atoms with Gasteiger partial charge in [0.25, 0.3) is 0 Å². The number of nitrogens with two attached hydrogens (primary N) is 1. The van der Waals surface area contributed by atoms with Crippen LogP contribution >= 0.6 is 11.8 Å². The summed E-state index contributed by atoms with van der Waals surface area (Å²) in [4.78, 5) is 31.5. The summed E-state index contributed by atoms with van der Waals surface area (Å²) in [5, 5.41) is 0.710. The summed E-state index contributed by atoms with van der Waals surface area (Å²) < 4.78 is 10.9. The molecule has 1 heterocycles. The lowest BCUT2D eigenvalue weighted by Crippen LogP contribution is -2.39. The Morgan fingerprint density at radius 3 is 2.46 bits per heavy atom. The number of nitrogens with zero attached hydrogens (tertiary/aromatic N) is 2. The molecule has 0 aliphatic carbocycles. The van der Waals surface area contributed by atoms with Crippen LogP contribution in [0.5, 0.6) is 11.5 Å². The van der Waals surface area contributed by atoms with Crippen molar-refractivity contribution in [1.29, 1.82) is 0 Å². The highest BCUT2D eigenvalue weighted by atomic mass is 32.2. The fourth-order valence-electron chi connectivity index (χ4n) is 3.49. The fraction of sp³-hybridized carbons (Fsp3) is 0.296. The Morgan fingerprint density at radius 2 is 1.80 bits per heavy atom. The first-order valence-electron chi connectivity index (χ1n) is 11.1. The third-order valence-corrected chi connectivity index (χ3v) is 6.40. The summed E-state index contributed by atoms with van der Waals surface area (Å²) in [5.41, 5.74) is 7.76. The summed E-state index contributed by atoms with van der Waals surface area (Å²) >= 11 is 1.50. The van der Waals surface area contributed by atoms with Crippen molar-refractivity contribution in [2.75, 3.05) is 19.1 Å². The second-order valence-corrected chi connectivity index (χ2v) is 9.96. The highest BCUT2D eigenvalue weighted by molar-refractivity contribution is 7.98. The molecule has 0 bridgehead atoms. The van der Waals surface area contributed by atoms with Crippen molar-refractivity contribution in [3.8, 4) is 11.5 Å². The van der Waals surface area contributed by atoms with Crippen LogP contribution in [-0.4, -0.2) is 31.0 Å². The molecule has 0 aliphatic rings. The third-order valence-electron chi connectivity index (χ3n) is 5.34. The highest BCUT2D eigenvalue weighted by Crippen LogP contribution is 2.35. The number of pyridine rings is 1. The number of methoxy groups -OCH3 is 2. The van der Waals surface area contributed by atoms with Gasteiger partial charge < -0.3 is 20.1 Å². The van der Waals surface area contributed by atoms with Gasteiger partial charge in [0.1, 0.15) is 16.5 Å². The first kappa shape index (κ1) is 26.1. The zero-order chi connectivity index (χ0) is 25.6. The van der Waals surface area contributed by atoms with Gasteiger partial charge in [0.05, 0.1) is 26.5 Å². The fourth-order valence-corrected chi connectivity index (χ4v) is 4.43. The van der Waals surface area contributed by atoms with Gasteiger partial charge >= 0.3 is 0 Å². The molecule has 0 saturated heterocycles. The molecule has 0 unspecified atom stereocenters. The Bertz CT molecular complexity index is 1210. The van der Waals surface area contributed by atoms with Gasteiger partial charge in [-0.25, -0.2) is 4.98 Å². The van der Waals surface area contributed by atoms with Gasteiger partial charge in [0.2, 0.25) is 11.8 Å². The average Bonchev–Trinajstić information content (AvgIpc) is 2.85. The number of anilines is 1. The van der Waals surface area contributed by atoms with Gasteiger partial charge in [-0.05, 0) is 42.0 Å². The minimum Gasteiger partial charge on any atom is -0.497 e. The molecule has 2 aromatic carbocycles. The molecule has 0 saturated carbocycles. The van der Waals surface area contributed by atoms with Crippen LogP contribution in [0.4, 0.5) is 5.69 Å². The standard InChI is InChI=1S/C27H31N3O4S/c1-27(2,3)26(32)30(16-20-11-12-21(33-4)15-23(20)34-5)22-10-7-13-29-25(22)35-17-18-8-6-9-19(14-18)24(28)31/h6-15H,16-17H2,1-5H3,(H2,28,31). The molecule has 0 atom stereocenters. The van der Waals surface area contributed by atoms with Crippen LogP contribution in [0, 0.1) is 5.41 Å². The predicted molar refractivity (Wildman–Crippen MR) is 139 cm³/mol. The van der Waals surface area contributed by atoms with E-state index in [0.29, 0.717) is 40.1 Å². The summed E-state index contributed by atoms with van der Waals surface area (Å²) in [6.45, 7) is 5.99. The molecule has 8 heteroatoms. The number of thioether (sulfide) groups is 1. The van der Waals surface area contributed by atoms with E-state index < -0.39 is 11.3 Å².